The van der Waals surface area contributed by atoms with Crippen LogP contribution in [0.2, 0.25) is 0 Å². The lowest BCUT2D eigenvalue weighted by molar-refractivity contribution is 0.0621. The van der Waals surface area contributed by atoms with Crippen LogP contribution in [0.15, 0.2) is 59.5 Å². The fraction of sp³-hybridized carbons (Fsp3) is 0.308. The molecule has 33 heavy (non-hydrogen) atoms. The highest BCUT2D eigenvalue weighted by atomic mass is 16.3. The molecule has 2 heterocycles. The predicted molar refractivity (Wildman–Crippen MR) is 125 cm³/mol. The Balaban J connectivity index is 1.80. The fourth-order valence-electron chi connectivity index (χ4n) is 5.10. The smallest absolute Gasteiger partial charge is 0.278 e. The van der Waals surface area contributed by atoms with Crippen molar-refractivity contribution in [3.8, 4) is 5.75 Å². The molecular formula is C26H27N3O4. The van der Waals surface area contributed by atoms with E-state index in [9.17, 15) is 19.8 Å². The van der Waals surface area contributed by atoms with Crippen molar-refractivity contribution in [2.24, 2.45) is 0 Å². The molecule has 2 N–H and O–H groups in total. The average molecular weight is 446 g/mol. The van der Waals surface area contributed by atoms with Crippen LogP contribution in [0.25, 0.3) is 0 Å². The Morgan fingerprint density at radius 3 is 2.52 bits per heavy atom. The Bertz CT molecular complexity index is 1300. The van der Waals surface area contributed by atoms with Crippen molar-refractivity contribution in [1.82, 2.24) is 9.58 Å². The van der Waals surface area contributed by atoms with Crippen molar-refractivity contribution >= 4 is 5.91 Å². The van der Waals surface area contributed by atoms with E-state index in [4.69, 9.17) is 0 Å². The summed E-state index contributed by atoms with van der Waals surface area (Å²) in [6.07, 6.45) is 3.19. The van der Waals surface area contributed by atoms with Gasteiger partial charge in [-0.15, -0.1) is 0 Å². The molecule has 1 amide bonds. The maximum atomic E-state index is 13.3. The molecule has 1 atom stereocenters. The summed E-state index contributed by atoms with van der Waals surface area (Å²) in [5.74, 6) is -0.910. The van der Waals surface area contributed by atoms with Crippen LogP contribution in [-0.2, 0) is 19.4 Å². The third-order valence-electron chi connectivity index (χ3n) is 6.78. The molecule has 0 fully saturated rings. The summed E-state index contributed by atoms with van der Waals surface area (Å²) in [4.78, 5) is 27.2. The van der Waals surface area contributed by atoms with Crippen molar-refractivity contribution in [2.75, 3.05) is 11.7 Å². The largest absolute Gasteiger partial charge is 0.502 e. The fourth-order valence-corrected chi connectivity index (χ4v) is 5.10. The van der Waals surface area contributed by atoms with E-state index >= 15 is 0 Å². The molecule has 1 aliphatic heterocycles. The topological polar surface area (TPSA) is 86.0 Å². The molecular weight excluding hydrogens is 418 g/mol. The Kier molecular flexibility index (Phi) is 5.21. The standard InChI is InChI=1S/C26H27N3O4/c1-16(2)27-15-29(28-13-12-22(31)25(32)24(28)26(27)33)23-20-8-4-3-6-17(20)10-11-19-18(14-30)7-5-9-21(19)23/h3-9,12-13,16,23,30,32H,10-11,14-15H2,1-2H3. The molecule has 1 aliphatic carbocycles. The monoisotopic (exact) mass is 445 g/mol. The number of hydrogen-bond acceptors (Lipinski definition) is 5. The molecule has 2 aliphatic rings. The van der Waals surface area contributed by atoms with Gasteiger partial charge in [0.25, 0.3) is 5.91 Å². The highest BCUT2D eigenvalue weighted by molar-refractivity contribution is 5.96. The van der Waals surface area contributed by atoms with Crippen LogP contribution in [0.5, 0.6) is 5.75 Å². The average Bonchev–Trinajstić information content (AvgIpc) is 2.98. The number of fused-ring (bicyclic) bond motifs is 3. The van der Waals surface area contributed by atoms with E-state index in [0.717, 1.165) is 35.1 Å². The summed E-state index contributed by atoms with van der Waals surface area (Å²) in [7, 11) is 0. The Labute approximate surface area is 192 Å². The van der Waals surface area contributed by atoms with Crippen LogP contribution in [0.1, 0.15) is 58.2 Å². The molecule has 0 saturated heterocycles. The minimum atomic E-state index is -0.579. The van der Waals surface area contributed by atoms with Gasteiger partial charge < -0.3 is 15.1 Å². The Morgan fingerprint density at radius 1 is 1.00 bits per heavy atom. The van der Waals surface area contributed by atoms with Crippen LogP contribution in [-0.4, -0.2) is 38.4 Å². The normalized spacial score (nSPS) is 17.5. The number of hydrogen-bond donors (Lipinski definition) is 2. The number of benzene rings is 2. The highest BCUT2D eigenvalue weighted by Crippen LogP contribution is 2.39. The van der Waals surface area contributed by atoms with Crippen LogP contribution in [0.3, 0.4) is 0 Å². The molecule has 0 radical (unpaired) electrons. The number of pyridine rings is 1. The van der Waals surface area contributed by atoms with Gasteiger partial charge in [0.15, 0.2) is 11.4 Å². The van der Waals surface area contributed by atoms with Crippen molar-refractivity contribution in [1.29, 1.82) is 0 Å². The number of rotatable bonds is 3. The summed E-state index contributed by atoms with van der Waals surface area (Å²) < 4.78 is 1.63. The van der Waals surface area contributed by atoms with Crippen LogP contribution in [0, 0.1) is 0 Å². The van der Waals surface area contributed by atoms with E-state index in [1.807, 2.05) is 43.1 Å². The minimum absolute atomic E-state index is 0.0240. The molecule has 7 heteroatoms. The van der Waals surface area contributed by atoms with Crippen molar-refractivity contribution in [2.45, 2.75) is 45.4 Å². The van der Waals surface area contributed by atoms with Crippen molar-refractivity contribution in [3.63, 3.8) is 0 Å². The van der Waals surface area contributed by atoms with E-state index in [2.05, 4.69) is 18.2 Å². The molecule has 2 aromatic carbocycles. The maximum absolute atomic E-state index is 13.3. The van der Waals surface area contributed by atoms with Crippen molar-refractivity contribution < 1.29 is 15.0 Å². The first-order valence-corrected chi connectivity index (χ1v) is 11.2. The number of aliphatic hydroxyl groups excluding tert-OH is 1. The third kappa shape index (κ3) is 3.31. The molecule has 0 bridgehead atoms. The minimum Gasteiger partial charge on any atom is -0.502 e. The summed E-state index contributed by atoms with van der Waals surface area (Å²) in [5, 5.41) is 22.7. The third-order valence-corrected chi connectivity index (χ3v) is 6.78. The zero-order valence-electron chi connectivity index (χ0n) is 18.7. The first-order chi connectivity index (χ1) is 15.9. The van der Waals surface area contributed by atoms with Gasteiger partial charge in [-0.2, -0.15) is 0 Å². The molecule has 3 aromatic rings. The van der Waals surface area contributed by atoms with Gasteiger partial charge in [0, 0.05) is 18.3 Å². The molecule has 0 saturated carbocycles. The lowest BCUT2D eigenvalue weighted by Crippen LogP contribution is -2.57. The number of carbonyl (C=O) groups excluding carboxylic acids is 1. The second-order valence-electron chi connectivity index (χ2n) is 8.92. The predicted octanol–water partition coefficient (Wildman–Crippen LogP) is 2.69. The number of aryl methyl sites for hydroxylation is 1. The number of aromatic nitrogens is 1. The lowest BCUT2D eigenvalue weighted by atomic mass is 9.92. The van der Waals surface area contributed by atoms with E-state index in [1.165, 1.54) is 11.6 Å². The Hall–Kier alpha value is -3.58. The van der Waals surface area contributed by atoms with Gasteiger partial charge in [-0.1, -0.05) is 42.5 Å². The molecule has 170 valence electrons. The first kappa shape index (κ1) is 21.3. The lowest BCUT2D eigenvalue weighted by Gasteiger charge is -2.45. The molecule has 0 spiro atoms. The summed E-state index contributed by atoms with van der Waals surface area (Å²) in [6, 6.07) is 15.1. The molecule has 1 unspecified atom stereocenters. The molecule has 5 rings (SSSR count). The van der Waals surface area contributed by atoms with Gasteiger partial charge >= 0.3 is 0 Å². The number of nitrogens with zero attached hydrogens (tertiary/aromatic N) is 3. The zero-order chi connectivity index (χ0) is 23.3. The van der Waals surface area contributed by atoms with Crippen LogP contribution >= 0.6 is 0 Å². The van der Waals surface area contributed by atoms with Crippen LogP contribution < -0.4 is 10.4 Å². The van der Waals surface area contributed by atoms with Crippen molar-refractivity contribution in [3.05, 3.63) is 98.5 Å². The number of aromatic hydroxyl groups is 1. The number of aliphatic hydroxyl groups is 1. The number of carbonyl (C=O) groups is 1. The van der Waals surface area contributed by atoms with Gasteiger partial charge in [0.2, 0.25) is 5.43 Å². The van der Waals surface area contributed by atoms with E-state index in [1.54, 1.807) is 15.8 Å². The summed E-state index contributed by atoms with van der Waals surface area (Å²) in [5.41, 5.74) is 4.74. The second kappa shape index (κ2) is 8.08. The van der Waals surface area contributed by atoms with Crippen LogP contribution in [0.4, 0.5) is 0 Å². The zero-order valence-corrected chi connectivity index (χ0v) is 18.7. The molecule has 1 aromatic heterocycles. The SMILES string of the molecule is CC(C)N1CN(C2c3ccccc3CCc3c(CO)cccc32)n2ccc(=O)c(O)c2C1=O. The quantitative estimate of drug-likeness (QED) is 0.648. The van der Waals surface area contributed by atoms with E-state index in [0.29, 0.717) is 0 Å². The second-order valence-corrected chi connectivity index (χ2v) is 8.92. The van der Waals surface area contributed by atoms with Gasteiger partial charge in [0.1, 0.15) is 6.67 Å². The van der Waals surface area contributed by atoms with Gasteiger partial charge in [-0.05, 0) is 54.5 Å². The molecule has 7 nitrogen and oxygen atoms in total. The summed E-state index contributed by atoms with van der Waals surface area (Å²) >= 11 is 0. The maximum Gasteiger partial charge on any atom is 0.278 e. The van der Waals surface area contributed by atoms with E-state index < -0.39 is 11.2 Å². The van der Waals surface area contributed by atoms with Gasteiger partial charge in [-0.25, -0.2) is 0 Å². The Morgan fingerprint density at radius 2 is 1.76 bits per heavy atom. The summed E-state index contributed by atoms with van der Waals surface area (Å²) in [6.45, 7) is 4.08. The highest BCUT2D eigenvalue weighted by Gasteiger charge is 2.39. The number of amides is 1. The van der Waals surface area contributed by atoms with Gasteiger partial charge in [-0.3, -0.25) is 19.3 Å². The first-order valence-electron chi connectivity index (χ1n) is 11.2. The van der Waals surface area contributed by atoms with E-state index in [-0.39, 0.29) is 37.0 Å². The van der Waals surface area contributed by atoms with Gasteiger partial charge in [0.05, 0.1) is 12.6 Å².